The Kier molecular flexibility index (Phi) is 4.01. The van der Waals surface area contributed by atoms with Gasteiger partial charge in [-0.25, -0.2) is 0 Å². The van der Waals surface area contributed by atoms with E-state index < -0.39 is 11.5 Å². The van der Waals surface area contributed by atoms with Crippen LogP contribution in [0.5, 0.6) is 0 Å². The minimum atomic E-state index is -0.820. The van der Waals surface area contributed by atoms with Crippen molar-refractivity contribution in [1.29, 1.82) is 0 Å². The highest BCUT2D eigenvalue weighted by Crippen LogP contribution is 2.24. The molecule has 0 amide bonds. The van der Waals surface area contributed by atoms with E-state index in [1.165, 1.54) is 0 Å². The molecule has 16 heavy (non-hydrogen) atoms. The molecule has 0 unspecified atom stereocenters. The lowest BCUT2D eigenvalue weighted by Gasteiger charge is -2.31. The first-order valence-electron chi connectivity index (χ1n) is 5.34. The fraction of sp³-hybridized carbons (Fsp3) is 0.500. The Morgan fingerprint density at radius 2 is 2.31 bits per heavy atom. The fourth-order valence-corrected chi connectivity index (χ4v) is 1.87. The first-order valence-corrected chi connectivity index (χ1v) is 5.34. The van der Waals surface area contributed by atoms with Crippen LogP contribution in [0.2, 0.25) is 0 Å². The minimum Gasteiger partial charge on any atom is -0.481 e. The van der Waals surface area contributed by atoms with Crippen molar-refractivity contribution >= 4 is 5.97 Å². The van der Waals surface area contributed by atoms with Gasteiger partial charge in [-0.05, 0) is 18.6 Å². The van der Waals surface area contributed by atoms with E-state index in [4.69, 9.17) is 5.11 Å². The Morgan fingerprint density at radius 1 is 1.62 bits per heavy atom. The molecule has 1 rings (SSSR count). The van der Waals surface area contributed by atoms with Crippen molar-refractivity contribution < 1.29 is 9.90 Å². The van der Waals surface area contributed by atoms with E-state index in [2.05, 4.69) is 10.3 Å². The van der Waals surface area contributed by atoms with Gasteiger partial charge in [0.25, 0.3) is 0 Å². The topological polar surface area (TPSA) is 62.2 Å². The first-order chi connectivity index (χ1) is 7.44. The van der Waals surface area contributed by atoms with Gasteiger partial charge in [0, 0.05) is 18.4 Å². The van der Waals surface area contributed by atoms with Crippen LogP contribution >= 0.6 is 0 Å². The average molecular weight is 222 g/mol. The molecule has 0 saturated carbocycles. The molecule has 4 heteroatoms. The van der Waals surface area contributed by atoms with E-state index in [1.54, 1.807) is 12.4 Å². The monoisotopic (exact) mass is 222 g/mol. The third kappa shape index (κ3) is 3.31. The number of pyridine rings is 1. The molecule has 0 saturated heterocycles. The van der Waals surface area contributed by atoms with Gasteiger partial charge in [-0.15, -0.1) is 0 Å². The molecule has 0 spiro atoms. The van der Waals surface area contributed by atoms with Crippen LogP contribution in [-0.4, -0.2) is 22.1 Å². The van der Waals surface area contributed by atoms with Crippen molar-refractivity contribution in [2.24, 2.45) is 0 Å². The van der Waals surface area contributed by atoms with Crippen LogP contribution in [0, 0.1) is 0 Å². The molecule has 1 heterocycles. The summed E-state index contributed by atoms with van der Waals surface area (Å²) >= 11 is 0. The molecule has 0 aromatic carbocycles. The molecule has 1 aromatic heterocycles. The summed E-state index contributed by atoms with van der Waals surface area (Å²) in [4.78, 5) is 14.9. The van der Waals surface area contributed by atoms with E-state index in [0.29, 0.717) is 0 Å². The van der Waals surface area contributed by atoms with Crippen LogP contribution in [0.4, 0.5) is 0 Å². The van der Waals surface area contributed by atoms with Crippen LogP contribution < -0.4 is 5.32 Å². The number of rotatable bonds is 5. The molecule has 0 bridgehead atoms. The Morgan fingerprint density at radius 3 is 2.75 bits per heavy atom. The minimum absolute atomic E-state index is 0.0386. The lowest BCUT2D eigenvalue weighted by atomic mass is 9.89. The molecule has 0 radical (unpaired) electrons. The maximum atomic E-state index is 10.9. The predicted molar refractivity (Wildman–Crippen MR) is 62.1 cm³/mol. The summed E-state index contributed by atoms with van der Waals surface area (Å²) in [5.74, 6) is -0.820. The van der Waals surface area contributed by atoms with E-state index in [1.807, 2.05) is 32.9 Å². The smallest absolute Gasteiger partial charge is 0.305 e. The number of carboxylic acid groups (broad SMARTS) is 1. The number of nitrogens with zero attached hydrogens (tertiary/aromatic N) is 1. The molecule has 2 N–H and O–H groups in total. The highest BCUT2D eigenvalue weighted by molar-refractivity contribution is 5.68. The summed E-state index contributed by atoms with van der Waals surface area (Å²) in [5, 5.41) is 12.2. The molecule has 1 aromatic rings. The number of carbonyl (C=O) groups is 1. The largest absolute Gasteiger partial charge is 0.481 e. The molecule has 0 aliphatic heterocycles. The standard InChI is InChI=1S/C12H18N2O2/c1-9(2)14-12(3,7-11(15)16)10-5-4-6-13-8-10/h4-6,8-9,14H,7H2,1-3H3,(H,15,16)/t12-/m0/s1. The van der Waals surface area contributed by atoms with Crippen molar-refractivity contribution in [3.05, 3.63) is 30.1 Å². The molecule has 1 atom stereocenters. The number of carboxylic acids is 1. The average Bonchev–Trinajstić information content (AvgIpc) is 2.16. The molecule has 4 nitrogen and oxygen atoms in total. The molecular formula is C12H18N2O2. The first kappa shape index (κ1) is 12.6. The Balaban J connectivity index is 2.99. The van der Waals surface area contributed by atoms with Crippen LogP contribution in [0.25, 0.3) is 0 Å². The molecular weight excluding hydrogens is 204 g/mol. The number of aliphatic carboxylic acids is 1. The summed E-state index contributed by atoms with van der Waals surface area (Å²) in [5.41, 5.74) is 0.319. The van der Waals surface area contributed by atoms with Gasteiger partial charge in [-0.3, -0.25) is 9.78 Å². The number of hydrogen-bond donors (Lipinski definition) is 2. The third-order valence-corrected chi connectivity index (χ3v) is 2.41. The quantitative estimate of drug-likeness (QED) is 0.797. The SMILES string of the molecule is CC(C)N[C@@](C)(CC(=O)O)c1cccnc1. The van der Waals surface area contributed by atoms with Gasteiger partial charge in [-0.2, -0.15) is 0 Å². The van der Waals surface area contributed by atoms with Gasteiger partial charge in [0.2, 0.25) is 0 Å². The third-order valence-electron chi connectivity index (χ3n) is 2.41. The lowest BCUT2D eigenvalue weighted by molar-refractivity contribution is -0.138. The molecule has 0 aliphatic rings. The summed E-state index contributed by atoms with van der Waals surface area (Å²) in [7, 11) is 0. The van der Waals surface area contributed by atoms with E-state index >= 15 is 0 Å². The number of aromatic nitrogens is 1. The number of nitrogens with one attached hydrogen (secondary N) is 1. The van der Waals surface area contributed by atoms with Crippen molar-refractivity contribution in [2.75, 3.05) is 0 Å². The van der Waals surface area contributed by atoms with E-state index in [0.717, 1.165) is 5.56 Å². The van der Waals surface area contributed by atoms with Gasteiger partial charge in [-0.1, -0.05) is 19.9 Å². The normalized spacial score (nSPS) is 14.8. The maximum absolute atomic E-state index is 10.9. The zero-order valence-corrected chi connectivity index (χ0v) is 9.90. The van der Waals surface area contributed by atoms with Crippen LogP contribution in [0.1, 0.15) is 32.8 Å². The molecule has 0 aliphatic carbocycles. The Hall–Kier alpha value is -1.42. The molecule has 0 fully saturated rings. The van der Waals surface area contributed by atoms with E-state index in [9.17, 15) is 4.79 Å². The van der Waals surface area contributed by atoms with Crippen molar-refractivity contribution in [1.82, 2.24) is 10.3 Å². The summed E-state index contributed by atoms with van der Waals surface area (Å²) in [6.07, 6.45) is 3.43. The highest BCUT2D eigenvalue weighted by Gasteiger charge is 2.30. The Labute approximate surface area is 95.7 Å². The second-order valence-corrected chi connectivity index (χ2v) is 4.44. The second-order valence-electron chi connectivity index (χ2n) is 4.44. The highest BCUT2D eigenvalue weighted by atomic mass is 16.4. The maximum Gasteiger partial charge on any atom is 0.305 e. The van der Waals surface area contributed by atoms with Crippen LogP contribution in [0.3, 0.4) is 0 Å². The van der Waals surface area contributed by atoms with Gasteiger partial charge >= 0.3 is 5.97 Å². The molecule has 88 valence electrons. The Bertz CT molecular complexity index is 351. The fourth-order valence-electron chi connectivity index (χ4n) is 1.87. The van der Waals surface area contributed by atoms with Crippen LogP contribution in [-0.2, 0) is 10.3 Å². The lowest BCUT2D eigenvalue weighted by Crippen LogP contribution is -2.45. The van der Waals surface area contributed by atoms with Gasteiger partial charge in [0.15, 0.2) is 0 Å². The van der Waals surface area contributed by atoms with Crippen molar-refractivity contribution in [2.45, 2.75) is 38.8 Å². The van der Waals surface area contributed by atoms with Gasteiger partial charge in [0.1, 0.15) is 0 Å². The van der Waals surface area contributed by atoms with Gasteiger partial charge in [0.05, 0.1) is 12.0 Å². The van der Waals surface area contributed by atoms with Crippen LogP contribution in [0.15, 0.2) is 24.5 Å². The van der Waals surface area contributed by atoms with E-state index in [-0.39, 0.29) is 12.5 Å². The summed E-state index contributed by atoms with van der Waals surface area (Å²) in [6, 6.07) is 3.92. The zero-order valence-electron chi connectivity index (χ0n) is 9.90. The van der Waals surface area contributed by atoms with Crippen molar-refractivity contribution in [3.63, 3.8) is 0 Å². The zero-order chi connectivity index (χ0) is 12.2. The van der Waals surface area contributed by atoms with Gasteiger partial charge < -0.3 is 10.4 Å². The summed E-state index contributed by atoms with van der Waals surface area (Å²) in [6.45, 7) is 5.88. The number of hydrogen-bond acceptors (Lipinski definition) is 3. The van der Waals surface area contributed by atoms with Crippen molar-refractivity contribution in [3.8, 4) is 0 Å². The summed E-state index contributed by atoms with van der Waals surface area (Å²) < 4.78 is 0. The predicted octanol–water partition coefficient (Wildman–Crippen LogP) is 1.77. The second kappa shape index (κ2) is 5.07.